The van der Waals surface area contributed by atoms with Gasteiger partial charge in [0.1, 0.15) is 0 Å². The van der Waals surface area contributed by atoms with Crippen molar-refractivity contribution in [3.63, 3.8) is 0 Å². The number of nitrogens with two attached hydrogens (primary N) is 2. The summed E-state index contributed by atoms with van der Waals surface area (Å²) in [6.45, 7) is 6.06. The van der Waals surface area contributed by atoms with Crippen LogP contribution in [-0.4, -0.2) is 42.4 Å². The molecular weight excluding hydrogens is 478 g/mol. The maximum Gasteiger partial charge on any atom is 0.323 e. The summed E-state index contributed by atoms with van der Waals surface area (Å²) in [5, 5.41) is 5.46. The number of aromatic nitrogens is 2. The number of hydrogen-bond acceptors (Lipinski definition) is 7. The maximum absolute atomic E-state index is 12.6. The van der Waals surface area contributed by atoms with Gasteiger partial charge >= 0.3 is 6.03 Å². The minimum atomic E-state index is -3.32. The van der Waals surface area contributed by atoms with Crippen LogP contribution in [0, 0.1) is 0 Å². The topological polar surface area (TPSA) is 167 Å². The zero-order chi connectivity index (χ0) is 26.5. The van der Waals surface area contributed by atoms with Crippen LogP contribution in [-0.2, 0) is 9.84 Å². The lowest BCUT2D eigenvalue weighted by molar-refractivity contribution is -0.533. The molecule has 188 valence electrons. The van der Waals surface area contributed by atoms with E-state index in [0.717, 1.165) is 11.8 Å². The SMILES string of the molecule is CC(C)(C)[NH+]=CC(=C(N)c1ccnc(N)n1)c1cccc(NC(=O)Nc2ccc(S(C)(=O)=O)cc2)c1. The second-order valence-electron chi connectivity index (χ2n) is 9.12. The largest absolute Gasteiger partial charge is 0.396 e. The van der Waals surface area contributed by atoms with Gasteiger partial charge in [0.05, 0.1) is 21.9 Å². The molecule has 36 heavy (non-hydrogen) atoms. The molecule has 10 nitrogen and oxygen atoms in total. The van der Waals surface area contributed by atoms with Gasteiger partial charge in [0.15, 0.2) is 21.6 Å². The molecule has 0 spiro atoms. The highest BCUT2D eigenvalue weighted by molar-refractivity contribution is 7.90. The van der Waals surface area contributed by atoms with Crippen LogP contribution < -0.4 is 27.1 Å². The van der Waals surface area contributed by atoms with Crippen molar-refractivity contribution in [3.8, 4) is 0 Å². The molecule has 7 N–H and O–H groups in total. The first-order valence-electron chi connectivity index (χ1n) is 11.0. The van der Waals surface area contributed by atoms with Crippen LogP contribution >= 0.6 is 0 Å². The highest BCUT2D eigenvalue weighted by atomic mass is 32.2. The molecule has 0 aliphatic heterocycles. The van der Waals surface area contributed by atoms with Crippen molar-refractivity contribution in [2.24, 2.45) is 5.73 Å². The first-order chi connectivity index (χ1) is 16.8. The maximum atomic E-state index is 12.6. The van der Waals surface area contributed by atoms with Crippen molar-refractivity contribution in [1.82, 2.24) is 9.97 Å². The zero-order valence-corrected chi connectivity index (χ0v) is 21.3. The first-order valence-corrected chi connectivity index (χ1v) is 12.9. The fraction of sp³-hybridized carbons (Fsp3) is 0.200. The fourth-order valence-corrected chi connectivity index (χ4v) is 3.74. The molecule has 0 saturated carbocycles. The number of amides is 2. The number of nitrogens with one attached hydrogen (secondary N) is 3. The number of carbonyl (C=O) groups excluding carboxylic acids is 1. The van der Waals surface area contributed by atoms with Gasteiger partial charge in [-0.1, -0.05) is 12.1 Å². The third kappa shape index (κ3) is 7.37. The number of nitrogens with zero attached hydrogens (tertiary/aromatic N) is 2. The Labute approximate surface area is 210 Å². The van der Waals surface area contributed by atoms with Gasteiger partial charge in [0.2, 0.25) is 5.95 Å². The van der Waals surface area contributed by atoms with E-state index in [9.17, 15) is 13.2 Å². The first kappa shape index (κ1) is 26.4. The lowest BCUT2D eigenvalue weighted by Crippen LogP contribution is -2.81. The highest BCUT2D eigenvalue weighted by Crippen LogP contribution is 2.23. The molecule has 0 unspecified atom stereocenters. The zero-order valence-electron chi connectivity index (χ0n) is 20.5. The number of hydrogen-bond donors (Lipinski definition) is 5. The summed E-state index contributed by atoms with van der Waals surface area (Å²) < 4.78 is 23.2. The van der Waals surface area contributed by atoms with E-state index < -0.39 is 15.9 Å². The Hall–Kier alpha value is -4.25. The second kappa shape index (κ2) is 10.6. The predicted octanol–water partition coefficient (Wildman–Crippen LogP) is 1.88. The van der Waals surface area contributed by atoms with Crippen LogP contribution in [0.3, 0.4) is 0 Å². The molecule has 1 aromatic heterocycles. The Morgan fingerprint density at radius 1 is 1.03 bits per heavy atom. The van der Waals surface area contributed by atoms with E-state index in [4.69, 9.17) is 11.5 Å². The van der Waals surface area contributed by atoms with Crippen molar-refractivity contribution in [1.29, 1.82) is 0 Å². The number of sulfone groups is 1. The van der Waals surface area contributed by atoms with Crippen molar-refractivity contribution >= 4 is 50.7 Å². The van der Waals surface area contributed by atoms with Gasteiger partial charge in [0, 0.05) is 23.8 Å². The molecule has 0 radical (unpaired) electrons. The van der Waals surface area contributed by atoms with Gasteiger partial charge in [-0.25, -0.2) is 28.2 Å². The number of benzene rings is 2. The molecular formula is C25H30N7O3S+. The summed E-state index contributed by atoms with van der Waals surface area (Å²) in [7, 11) is -3.32. The van der Waals surface area contributed by atoms with E-state index >= 15 is 0 Å². The van der Waals surface area contributed by atoms with Gasteiger partial charge in [-0.05, 0) is 68.8 Å². The molecule has 0 bridgehead atoms. The molecule has 3 aromatic rings. The molecule has 11 heteroatoms. The number of nitrogen functional groups attached to an aromatic ring is 1. The van der Waals surface area contributed by atoms with Crippen LogP contribution in [0.5, 0.6) is 0 Å². The van der Waals surface area contributed by atoms with Crippen LogP contribution in [0.4, 0.5) is 22.1 Å². The third-order valence-electron chi connectivity index (χ3n) is 4.86. The summed E-state index contributed by atoms with van der Waals surface area (Å²) >= 11 is 0. The van der Waals surface area contributed by atoms with E-state index in [2.05, 4.69) is 25.6 Å². The number of allylic oxidation sites excluding steroid dienone is 1. The molecule has 3 rings (SSSR count). The Bertz CT molecular complexity index is 1420. The molecule has 2 aromatic carbocycles. The number of carbonyl (C=O) groups is 1. The summed E-state index contributed by atoms with van der Waals surface area (Å²) in [6.07, 6.45) is 4.46. The van der Waals surface area contributed by atoms with E-state index in [-0.39, 0.29) is 16.4 Å². The average Bonchev–Trinajstić information content (AvgIpc) is 2.78. The molecule has 0 fully saturated rings. The minimum Gasteiger partial charge on any atom is -0.396 e. The van der Waals surface area contributed by atoms with Crippen molar-refractivity contribution in [2.75, 3.05) is 22.6 Å². The van der Waals surface area contributed by atoms with E-state index in [0.29, 0.717) is 28.3 Å². The lowest BCUT2D eigenvalue weighted by Gasteiger charge is -2.12. The Kier molecular flexibility index (Phi) is 7.74. The summed E-state index contributed by atoms with van der Waals surface area (Å²) in [5.41, 5.74) is 15.2. The van der Waals surface area contributed by atoms with Crippen molar-refractivity contribution < 1.29 is 18.2 Å². The molecule has 0 aliphatic carbocycles. The van der Waals surface area contributed by atoms with Crippen LogP contribution in [0.15, 0.2) is 65.7 Å². The summed E-state index contributed by atoms with van der Waals surface area (Å²) in [6, 6.07) is 14.3. The quantitative estimate of drug-likeness (QED) is 0.317. The predicted molar refractivity (Wildman–Crippen MR) is 143 cm³/mol. The molecule has 0 saturated heterocycles. The van der Waals surface area contributed by atoms with Crippen LogP contribution in [0.1, 0.15) is 32.0 Å². The van der Waals surface area contributed by atoms with E-state index in [1.54, 1.807) is 30.5 Å². The molecule has 0 atom stereocenters. The van der Waals surface area contributed by atoms with Gasteiger partial charge in [-0.15, -0.1) is 0 Å². The Morgan fingerprint density at radius 2 is 1.69 bits per heavy atom. The Morgan fingerprint density at radius 3 is 2.31 bits per heavy atom. The third-order valence-corrected chi connectivity index (χ3v) is 5.99. The van der Waals surface area contributed by atoms with E-state index in [1.165, 1.54) is 30.5 Å². The van der Waals surface area contributed by atoms with Gasteiger partial charge in [-0.3, -0.25) is 0 Å². The monoisotopic (exact) mass is 508 g/mol. The molecule has 1 heterocycles. The minimum absolute atomic E-state index is 0.107. The van der Waals surface area contributed by atoms with Crippen molar-refractivity contribution in [2.45, 2.75) is 31.2 Å². The van der Waals surface area contributed by atoms with Gasteiger partial charge in [-0.2, -0.15) is 0 Å². The van der Waals surface area contributed by atoms with E-state index in [1.807, 2.05) is 26.8 Å². The lowest BCUT2D eigenvalue weighted by atomic mass is 10.0. The summed E-state index contributed by atoms with van der Waals surface area (Å²) in [5.74, 6) is 0.107. The number of anilines is 3. The normalized spacial score (nSPS) is 12.8. The summed E-state index contributed by atoms with van der Waals surface area (Å²) in [4.78, 5) is 24.2. The number of urea groups is 1. The Balaban J connectivity index is 1.88. The molecule has 0 aliphatic rings. The van der Waals surface area contributed by atoms with Gasteiger partial charge in [0.25, 0.3) is 0 Å². The van der Waals surface area contributed by atoms with Gasteiger partial charge < -0.3 is 22.1 Å². The standard InChI is InChI=1S/C25H29N7O3S/c1-25(2,3)29-15-20(22(26)21-12-13-28-23(27)32-21)16-6-5-7-18(14-16)31-24(33)30-17-8-10-19(11-9-17)36(4,34)35/h5-15H,26H2,1-4H3,(H2,27,28,32)(H2,30,31,33)/p+1. The highest BCUT2D eigenvalue weighted by Gasteiger charge is 2.17. The average molecular weight is 509 g/mol. The second-order valence-corrected chi connectivity index (χ2v) is 11.1. The smallest absolute Gasteiger partial charge is 0.323 e. The number of rotatable bonds is 6. The molecule has 2 amide bonds. The van der Waals surface area contributed by atoms with Crippen molar-refractivity contribution in [3.05, 3.63) is 72.1 Å². The van der Waals surface area contributed by atoms with Crippen LogP contribution in [0.25, 0.3) is 11.3 Å². The van der Waals surface area contributed by atoms with Crippen LogP contribution in [0.2, 0.25) is 0 Å². The fourth-order valence-electron chi connectivity index (χ4n) is 3.11.